The van der Waals surface area contributed by atoms with Gasteiger partial charge in [0.05, 0.1) is 0 Å². The van der Waals surface area contributed by atoms with E-state index in [0.717, 1.165) is 72.3 Å². The van der Waals surface area contributed by atoms with Crippen LogP contribution in [-0.4, -0.2) is 33.6 Å². The Morgan fingerprint density at radius 1 is 0.714 bits per heavy atom. The first-order chi connectivity index (χ1) is 20.6. The topological polar surface area (TPSA) is 40.6 Å². The fraction of sp³-hybridized carbons (Fsp3) is 0.703. The van der Waals surface area contributed by atoms with Crippen molar-refractivity contribution in [2.75, 3.05) is 13.2 Å². The monoisotopic (exact) mass is 595 g/mol. The smallest absolute Gasteiger partial charge is 0.213 e. The highest BCUT2D eigenvalue weighted by Gasteiger charge is 2.26. The molecule has 1 aliphatic rings. The molecule has 3 unspecified atom stereocenters. The summed E-state index contributed by atoms with van der Waals surface area (Å²) < 4.78 is 18.3. The van der Waals surface area contributed by atoms with Crippen LogP contribution in [0.4, 0.5) is 0 Å². The molecule has 4 nitrogen and oxygen atoms in total. The number of hydrogen-bond acceptors (Lipinski definition) is 4. The maximum absolute atomic E-state index is 6.29. The lowest BCUT2D eigenvalue weighted by Gasteiger charge is -2.15. The molecular formula is C37H61NO3Si. The predicted octanol–water partition coefficient (Wildman–Crippen LogP) is 10.3. The normalized spacial score (nSPS) is 16.0. The molecule has 1 aromatic carbocycles. The molecule has 0 radical (unpaired) electrons. The second-order valence-electron chi connectivity index (χ2n) is 12.9. The lowest BCUT2D eigenvalue weighted by Crippen LogP contribution is -2.28. The largest absolute Gasteiger partial charge is 0.456 e. The van der Waals surface area contributed by atoms with Crippen molar-refractivity contribution in [1.29, 1.82) is 0 Å². The van der Waals surface area contributed by atoms with Crippen LogP contribution in [0.2, 0.25) is 5.54 Å². The van der Waals surface area contributed by atoms with Gasteiger partial charge >= 0.3 is 0 Å². The van der Waals surface area contributed by atoms with Crippen LogP contribution in [0.3, 0.4) is 0 Å². The molecule has 2 heterocycles. The molecule has 0 saturated heterocycles. The molecule has 42 heavy (non-hydrogen) atoms. The molecule has 3 rings (SSSR count). The van der Waals surface area contributed by atoms with E-state index in [1.807, 2.05) is 6.20 Å². The van der Waals surface area contributed by atoms with Crippen molar-refractivity contribution in [1.82, 2.24) is 4.98 Å². The Morgan fingerprint density at radius 3 is 2.10 bits per heavy atom. The predicted molar refractivity (Wildman–Crippen MR) is 182 cm³/mol. The van der Waals surface area contributed by atoms with Crippen LogP contribution in [0, 0.1) is 5.92 Å². The zero-order valence-electron chi connectivity index (χ0n) is 27.5. The van der Waals surface area contributed by atoms with Crippen molar-refractivity contribution in [2.45, 2.75) is 148 Å². The van der Waals surface area contributed by atoms with Gasteiger partial charge < -0.3 is 14.2 Å². The summed E-state index contributed by atoms with van der Waals surface area (Å²) in [6.07, 6.45) is 24.1. The van der Waals surface area contributed by atoms with Gasteiger partial charge in [-0.25, -0.2) is 0 Å². The van der Waals surface area contributed by atoms with Gasteiger partial charge in [0.25, 0.3) is 0 Å². The first-order valence-corrected chi connectivity index (χ1v) is 19.2. The minimum absolute atomic E-state index is 0.0324. The quantitative estimate of drug-likeness (QED) is 0.0894. The van der Waals surface area contributed by atoms with Crippen LogP contribution in [-0.2, 0) is 11.2 Å². The average molecular weight is 596 g/mol. The van der Waals surface area contributed by atoms with Crippen molar-refractivity contribution in [3.63, 3.8) is 0 Å². The van der Waals surface area contributed by atoms with Crippen molar-refractivity contribution < 1.29 is 14.2 Å². The summed E-state index contributed by atoms with van der Waals surface area (Å²) >= 11 is 0. The number of ether oxygens (including phenoxy) is 3. The third-order valence-corrected chi connectivity index (χ3v) is 10.7. The SMILES string of the molecule is CCCCCCOCCCCc1ccc(-c2ccc3c(c2)OC([SiH2]C(C)CCCCCCC(C)CCCCC)O3)cn1. The van der Waals surface area contributed by atoms with Gasteiger partial charge in [0.2, 0.25) is 5.91 Å². The summed E-state index contributed by atoms with van der Waals surface area (Å²) in [7, 11) is -0.482. The Kier molecular flexibility index (Phi) is 17.3. The van der Waals surface area contributed by atoms with Crippen molar-refractivity contribution in [2.24, 2.45) is 5.92 Å². The average Bonchev–Trinajstić information content (AvgIpc) is 3.40. The minimum atomic E-state index is -0.482. The van der Waals surface area contributed by atoms with Crippen LogP contribution < -0.4 is 9.47 Å². The number of aromatic nitrogens is 1. The molecule has 1 aliphatic heterocycles. The fourth-order valence-electron chi connectivity index (χ4n) is 5.94. The molecule has 0 N–H and O–H groups in total. The van der Waals surface area contributed by atoms with E-state index in [4.69, 9.17) is 19.2 Å². The van der Waals surface area contributed by atoms with Gasteiger partial charge in [-0.3, -0.25) is 4.98 Å². The molecule has 0 saturated carbocycles. The number of fused-ring (bicyclic) bond motifs is 1. The highest BCUT2D eigenvalue weighted by molar-refractivity contribution is 6.38. The molecule has 5 heteroatoms. The lowest BCUT2D eigenvalue weighted by atomic mass is 9.96. The molecule has 1 aromatic heterocycles. The molecule has 0 aliphatic carbocycles. The van der Waals surface area contributed by atoms with Gasteiger partial charge in [-0.1, -0.05) is 123 Å². The summed E-state index contributed by atoms with van der Waals surface area (Å²) in [5.41, 5.74) is 4.17. The Labute approximate surface area is 260 Å². The maximum atomic E-state index is 6.29. The number of hydrogen-bond donors (Lipinski definition) is 0. The first kappa shape index (κ1) is 34.6. The summed E-state index contributed by atoms with van der Waals surface area (Å²) in [5.74, 6) is 2.66. The molecule has 236 valence electrons. The van der Waals surface area contributed by atoms with E-state index in [9.17, 15) is 0 Å². The van der Waals surface area contributed by atoms with Crippen LogP contribution in [0.15, 0.2) is 36.5 Å². The Bertz CT molecular complexity index is 966. The Balaban J connectivity index is 1.29. The van der Waals surface area contributed by atoms with Gasteiger partial charge in [0.1, 0.15) is 9.52 Å². The first-order valence-electron chi connectivity index (χ1n) is 17.6. The van der Waals surface area contributed by atoms with E-state index < -0.39 is 9.52 Å². The summed E-state index contributed by atoms with van der Waals surface area (Å²) in [4.78, 5) is 4.74. The second kappa shape index (κ2) is 20.9. The third kappa shape index (κ3) is 13.6. The van der Waals surface area contributed by atoms with Gasteiger partial charge in [-0.2, -0.15) is 0 Å². The molecule has 0 bridgehead atoms. The van der Waals surface area contributed by atoms with Crippen molar-refractivity contribution in [3.8, 4) is 22.6 Å². The maximum Gasteiger partial charge on any atom is 0.213 e. The van der Waals surface area contributed by atoms with E-state index in [-0.39, 0.29) is 5.91 Å². The molecule has 0 fully saturated rings. The molecule has 0 spiro atoms. The van der Waals surface area contributed by atoms with E-state index >= 15 is 0 Å². The zero-order chi connectivity index (χ0) is 29.8. The van der Waals surface area contributed by atoms with Gasteiger partial charge in [-0.05, 0) is 60.9 Å². The van der Waals surface area contributed by atoms with Crippen LogP contribution in [0.1, 0.15) is 136 Å². The van der Waals surface area contributed by atoms with E-state index in [2.05, 4.69) is 58.0 Å². The van der Waals surface area contributed by atoms with Crippen LogP contribution >= 0.6 is 0 Å². The van der Waals surface area contributed by atoms with Gasteiger partial charge in [0, 0.05) is 30.7 Å². The number of aryl methyl sites for hydroxylation is 1. The number of benzene rings is 1. The Morgan fingerprint density at radius 2 is 1.36 bits per heavy atom. The number of unbranched alkanes of at least 4 members (excludes halogenated alkanes) is 9. The zero-order valence-corrected chi connectivity index (χ0v) is 28.9. The Hall–Kier alpha value is -1.85. The highest BCUT2D eigenvalue weighted by Crippen LogP contribution is 2.38. The number of nitrogens with zero attached hydrogens (tertiary/aromatic N) is 1. The third-order valence-electron chi connectivity index (χ3n) is 8.77. The van der Waals surface area contributed by atoms with Crippen molar-refractivity contribution in [3.05, 3.63) is 42.2 Å². The van der Waals surface area contributed by atoms with E-state index in [1.165, 1.54) is 89.9 Å². The highest BCUT2D eigenvalue weighted by atomic mass is 28.2. The molecule has 0 amide bonds. The molecule has 3 atom stereocenters. The summed E-state index contributed by atoms with van der Waals surface area (Å²) in [6.45, 7) is 11.1. The van der Waals surface area contributed by atoms with Crippen LogP contribution in [0.25, 0.3) is 11.1 Å². The molecule has 2 aromatic rings. The minimum Gasteiger partial charge on any atom is -0.456 e. The second-order valence-corrected chi connectivity index (χ2v) is 15.5. The van der Waals surface area contributed by atoms with Gasteiger partial charge in [0.15, 0.2) is 11.5 Å². The fourth-order valence-corrected chi connectivity index (χ4v) is 7.67. The van der Waals surface area contributed by atoms with E-state index in [0.29, 0.717) is 0 Å². The van der Waals surface area contributed by atoms with Crippen LogP contribution in [0.5, 0.6) is 11.5 Å². The summed E-state index contributed by atoms with van der Waals surface area (Å²) in [5, 5.41) is 0. The standard InChI is InChI=1S/C37H61NO3Si/c1-5-7-9-16-26-39-27-17-15-21-34-24-22-33(29-38-34)32-23-25-35-36(28-32)41-37(40-35)42-31(4)20-14-11-10-13-19-30(3)18-12-8-6-2/h22-25,28-31,37H,5-21,26-27,42H2,1-4H3. The lowest BCUT2D eigenvalue weighted by molar-refractivity contribution is 0.122. The van der Waals surface area contributed by atoms with E-state index in [1.54, 1.807) is 0 Å². The number of rotatable bonds is 24. The van der Waals surface area contributed by atoms with Crippen molar-refractivity contribution >= 4 is 9.52 Å². The number of pyridine rings is 1. The molecular weight excluding hydrogens is 534 g/mol. The van der Waals surface area contributed by atoms with Gasteiger partial charge in [-0.15, -0.1) is 0 Å². The summed E-state index contributed by atoms with van der Waals surface area (Å²) in [6, 6.07) is 10.7.